The first-order valence-corrected chi connectivity index (χ1v) is 7.04. The summed E-state index contributed by atoms with van der Waals surface area (Å²) in [6.45, 7) is 0.439. The summed E-state index contributed by atoms with van der Waals surface area (Å²) in [5, 5.41) is 11.2. The van der Waals surface area contributed by atoms with E-state index in [1.807, 2.05) is 11.4 Å². The van der Waals surface area contributed by atoms with Gasteiger partial charge in [0.15, 0.2) is 5.88 Å². The first-order valence-electron chi connectivity index (χ1n) is 5.37. The van der Waals surface area contributed by atoms with Crippen LogP contribution in [0.2, 0.25) is 0 Å². The minimum absolute atomic E-state index is 0.165. The van der Waals surface area contributed by atoms with E-state index in [9.17, 15) is 14.7 Å². The van der Waals surface area contributed by atoms with Crippen molar-refractivity contribution in [3.8, 4) is 5.88 Å². The number of thiophene rings is 1. The monoisotopic (exact) mass is 342 g/mol. The molecule has 0 unspecified atom stereocenters. The fourth-order valence-corrected chi connectivity index (χ4v) is 2.85. The third kappa shape index (κ3) is 3.45. The highest BCUT2D eigenvalue weighted by Gasteiger charge is 2.14. The van der Waals surface area contributed by atoms with Crippen molar-refractivity contribution in [3.63, 3.8) is 0 Å². The number of carbonyl (C=O) groups excluding carboxylic acids is 1. The molecule has 100 valence electrons. The second kappa shape index (κ2) is 5.58. The third-order valence-corrected chi connectivity index (χ3v) is 4.02. The molecule has 2 aromatic heterocycles. The Bertz CT molecular complexity index is 665. The lowest BCUT2D eigenvalue weighted by atomic mass is 10.2. The van der Waals surface area contributed by atoms with Gasteiger partial charge < -0.3 is 10.0 Å². The van der Waals surface area contributed by atoms with Crippen LogP contribution in [0.25, 0.3) is 0 Å². The van der Waals surface area contributed by atoms with Gasteiger partial charge in [-0.05, 0) is 32.9 Å². The lowest BCUT2D eigenvalue weighted by Gasteiger charge is -2.16. The molecule has 1 amide bonds. The van der Waals surface area contributed by atoms with Gasteiger partial charge in [0.05, 0.1) is 9.35 Å². The maximum atomic E-state index is 12.1. The molecular weight excluding hydrogens is 332 g/mol. The summed E-state index contributed by atoms with van der Waals surface area (Å²) < 4.78 is 0.997. The van der Waals surface area contributed by atoms with Gasteiger partial charge >= 0.3 is 0 Å². The number of aromatic nitrogens is 1. The number of nitrogens with zero attached hydrogens (tertiary/aromatic N) is 1. The Morgan fingerprint density at radius 1 is 1.47 bits per heavy atom. The molecular formula is C12H11BrN2O3S. The van der Waals surface area contributed by atoms with Gasteiger partial charge in [-0.15, -0.1) is 11.3 Å². The van der Waals surface area contributed by atoms with Crippen LogP contribution in [-0.4, -0.2) is 27.9 Å². The van der Waals surface area contributed by atoms with Crippen LogP contribution in [0, 0.1) is 0 Å². The molecule has 2 N–H and O–H groups in total. The Balaban J connectivity index is 2.16. The lowest BCUT2D eigenvalue weighted by molar-refractivity contribution is 0.0784. The van der Waals surface area contributed by atoms with E-state index in [1.54, 1.807) is 18.4 Å². The van der Waals surface area contributed by atoms with Crippen LogP contribution in [0.1, 0.15) is 15.9 Å². The van der Waals surface area contributed by atoms with E-state index in [4.69, 9.17) is 0 Å². The zero-order valence-corrected chi connectivity index (χ0v) is 12.4. The van der Waals surface area contributed by atoms with Gasteiger partial charge in [-0.3, -0.25) is 14.6 Å². The smallest absolute Gasteiger partial charge is 0.254 e. The van der Waals surface area contributed by atoms with Gasteiger partial charge in [0.2, 0.25) is 0 Å². The fraction of sp³-hybridized carbons (Fsp3) is 0.167. The van der Waals surface area contributed by atoms with E-state index in [-0.39, 0.29) is 17.4 Å². The van der Waals surface area contributed by atoms with Gasteiger partial charge in [0.25, 0.3) is 11.5 Å². The highest BCUT2D eigenvalue weighted by atomic mass is 79.9. The summed E-state index contributed by atoms with van der Waals surface area (Å²) in [4.78, 5) is 27.0. The molecule has 0 saturated carbocycles. The first kappa shape index (κ1) is 13.8. The van der Waals surface area contributed by atoms with E-state index < -0.39 is 5.56 Å². The van der Waals surface area contributed by atoms with E-state index in [2.05, 4.69) is 20.9 Å². The number of aromatic hydroxyl groups is 1. The SMILES string of the molecule is CN(Cc1csc(Br)c1)C(=O)c1cc(O)[nH]c(=O)c1. The molecule has 0 aliphatic rings. The Morgan fingerprint density at radius 2 is 2.21 bits per heavy atom. The quantitative estimate of drug-likeness (QED) is 0.897. The summed E-state index contributed by atoms with van der Waals surface area (Å²) in [5.74, 6) is -0.633. The van der Waals surface area contributed by atoms with Gasteiger partial charge in [0.1, 0.15) is 0 Å². The number of carbonyl (C=O) groups is 1. The van der Waals surface area contributed by atoms with Crippen molar-refractivity contribution >= 4 is 33.2 Å². The van der Waals surface area contributed by atoms with Gasteiger partial charge in [-0.25, -0.2) is 0 Å². The average molecular weight is 343 g/mol. The number of rotatable bonds is 3. The largest absolute Gasteiger partial charge is 0.494 e. The molecule has 2 rings (SSSR count). The third-order valence-electron chi connectivity index (χ3n) is 2.47. The molecule has 0 atom stereocenters. The van der Waals surface area contributed by atoms with Gasteiger partial charge in [-0.2, -0.15) is 0 Å². The molecule has 0 spiro atoms. The van der Waals surface area contributed by atoms with Crippen LogP contribution >= 0.6 is 27.3 Å². The molecule has 2 heterocycles. The molecule has 0 saturated heterocycles. The van der Waals surface area contributed by atoms with Crippen molar-refractivity contribution in [3.05, 3.63) is 48.8 Å². The van der Waals surface area contributed by atoms with Crippen molar-refractivity contribution in [2.24, 2.45) is 0 Å². The van der Waals surface area contributed by atoms with Crippen molar-refractivity contribution in [1.29, 1.82) is 0 Å². The topological polar surface area (TPSA) is 73.4 Å². The summed E-state index contributed by atoms with van der Waals surface area (Å²) in [7, 11) is 1.64. The zero-order chi connectivity index (χ0) is 14.0. The minimum Gasteiger partial charge on any atom is -0.494 e. The Morgan fingerprint density at radius 3 is 2.79 bits per heavy atom. The van der Waals surface area contributed by atoms with E-state index in [0.29, 0.717) is 6.54 Å². The first-order chi connectivity index (χ1) is 8.95. The molecule has 2 aromatic rings. The van der Waals surface area contributed by atoms with Crippen LogP contribution < -0.4 is 5.56 Å². The van der Waals surface area contributed by atoms with E-state index in [1.165, 1.54) is 17.0 Å². The Labute approximate surface area is 121 Å². The molecule has 0 radical (unpaired) electrons. The molecule has 0 fully saturated rings. The summed E-state index contributed by atoms with van der Waals surface area (Å²) in [5.41, 5.74) is 0.662. The number of halogens is 1. The number of hydrogen-bond acceptors (Lipinski definition) is 4. The number of nitrogens with one attached hydrogen (secondary N) is 1. The number of pyridine rings is 1. The maximum absolute atomic E-state index is 12.1. The van der Waals surface area contributed by atoms with Crippen LogP contribution in [0.5, 0.6) is 5.88 Å². The molecule has 0 aromatic carbocycles. The summed E-state index contributed by atoms with van der Waals surface area (Å²) in [6, 6.07) is 4.34. The Hall–Kier alpha value is -1.60. The van der Waals surface area contributed by atoms with Crippen molar-refractivity contribution in [2.45, 2.75) is 6.54 Å². The minimum atomic E-state index is -0.505. The van der Waals surface area contributed by atoms with Crippen molar-refractivity contribution in [2.75, 3.05) is 7.05 Å². The predicted octanol–water partition coefficient (Wildman–Crippen LogP) is 2.18. The van der Waals surface area contributed by atoms with Crippen molar-refractivity contribution < 1.29 is 9.90 Å². The molecule has 5 nitrogen and oxygen atoms in total. The lowest BCUT2D eigenvalue weighted by Crippen LogP contribution is -2.27. The molecule has 7 heteroatoms. The van der Waals surface area contributed by atoms with Crippen LogP contribution in [-0.2, 0) is 6.54 Å². The maximum Gasteiger partial charge on any atom is 0.254 e. The average Bonchev–Trinajstić information content (AvgIpc) is 2.72. The second-order valence-corrected chi connectivity index (χ2v) is 6.33. The van der Waals surface area contributed by atoms with Crippen LogP contribution in [0.15, 0.2) is 32.2 Å². The fourth-order valence-electron chi connectivity index (χ4n) is 1.65. The molecule has 0 bridgehead atoms. The summed E-state index contributed by atoms with van der Waals surface area (Å²) in [6.07, 6.45) is 0. The van der Waals surface area contributed by atoms with E-state index in [0.717, 1.165) is 9.35 Å². The van der Waals surface area contributed by atoms with Crippen LogP contribution in [0.4, 0.5) is 0 Å². The normalized spacial score (nSPS) is 10.4. The highest BCUT2D eigenvalue weighted by molar-refractivity contribution is 9.11. The van der Waals surface area contributed by atoms with Crippen molar-refractivity contribution in [1.82, 2.24) is 9.88 Å². The van der Waals surface area contributed by atoms with E-state index >= 15 is 0 Å². The number of amides is 1. The van der Waals surface area contributed by atoms with Gasteiger partial charge in [-0.1, -0.05) is 0 Å². The number of aromatic amines is 1. The second-order valence-electron chi connectivity index (χ2n) is 4.04. The standard InChI is InChI=1S/C12H11BrN2O3S/c1-15(5-7-2-9(13)19-6-7)12(18)8-3-10(16)14-11(17)4-8/h2-4,6H,5H2,1H3,(H2,14,16,17). The molecule has 19 heavy (non-hydrogen) atoms. The van der Waals surface area contributed by atoms with Gasteiger partial charge in [0, 0.05) is 25.7 Å². The zero-order valence-electron chi connectivity index (χ0n) is 10.0. The molecule has 0 aliphatic carbocycles. The molecule has 0 aliphatic heterocycles. The number of hydrogen-bond donors (Lipinski definition) is 2. The summed E-state index contributed by atoms with van der Waals surface area (Å²) >= 11 is 4.90. The Kier molecular flexibility index (Phi) is 4.06. The number of H-pyrrole nitrogens is 1. The predicted molar refractivity (Wildman–Crippen MR) is 76.5 cm³/mol. The highest BCUT2D eigenvalue weighted by Crippen LogP contribution is 2.22. The van der Waals surface area contributed by atoms with Crippen LogP contribution in [0.3, 0.4) is 0 Å².